The first-order valence-electron chi connectivity index (χ1n) is 7.50. The summed E-state index contributed by atoms with van der Waals surface area (Å²) in [6.45, 7) is 3.78. The number of aromatic nitrogens is 2. The molecular formula is C18H16ClN3O2. The molecular weight excluding hydrogens is 326 g/mol. The number of benzene rings is 2. The summed E-state index contributed by atoms with van der Waals surface area (Å²) in [7, 11) is 0. The van der Waals surface area contributed by atoms with Crippen LogP contribution in [0, 0.1) is 6.92 Å². The van der Waals surface area contributed by atoms with Gasteiger partial charge in [-0.1, -0.05) is 41.0 Å². The van der Waals surface area contributed by atoms with E-state index in [-0.39, 0.29) is 5.91 Å². The fraction of sp³-hybridized carbons (Fsp3) is 0.167. The molecule has 1 heterocycles. The van der Waals surface area contributed by atoms with Crippen LogP contribution in [0.2, 0.25) is 5.02 Å². The SMILES string of the molecule is Cc1ccccc1-c1noc([C@@H](C)NC(=O)c2ccc(Cl)cc2)n1. The summed E-state index contributed by atoms with van der Waals surface area (Å²) in [5.74, 6) is 0.640. The van der Waals surface area contributed by atoms with Gasteiger partial charge in [-0.15, -0.1) is 0 Å². The minimum atomic E-state index is -0.404. The van der Waals surface area contributed by atoms with E-state index in [2.05, 4.69) is 15.5 Å². The number of carbonyl (C=O) groups excluding carboxylic acids is 1. The van der Waals surface area contributed by atoms with Gasteiger partial charge in [0, 0.05) is 16.1 Å². The van der Waals surface area contributed by atoms with Gasteiger partial charge in [0.25, 0.3) is 5.91 Å². The first-order chi connectivity index (χ1) is 11.5. The molecule has 0 unspecified atom stereocenters. The van der Waals surface area contributed by atoms with Crippen molar-refractivity contribution in [2.24, 2.45) is 0 Å². The van der Waals surface area contributed by atoms with Gasteiger partial charge in [-0.05, 0) is 43.7 Å². The summed E-state index contributed by atoms with van der Waals surface area (Å²) in [4.78, 5) is 16.6. The van der Waals surface area contributed by atoms with Gasteiger partial charge in [0.05, 0.1) is 0 Å². The third-order valence-corrected chi connectivity index (χ3v) is 3.90. The molecule has 122 valence electrons. The Morgan fingerprint density at radius 1 is 1.17 bits per heavy atom. The lowest BCUT2D eigenvalue weighted by Crippen LogP contribution is -2.26. The monoisotopic (exact) mass is 341 g/mol. The first kappa shape index (κ1) is 16.2. The van der Waals surface area contributed by atoms with E-state index < -0.39 is 6.04 Å². The Kier molecular flexibility index (Phi) is 4.62. The molecule has 3 aromatic rings. The Bertz CT molecular complexity index is 859. The van der Waals surface area contributed by atoms with E-state index in [0.29, 0.717) is 22.3 Å². The number of rotatable bonds is 4. The highest BCUT2D eigenvalue weighted by Crippen LogP contribution is 2.22. The molecule has 3 rings (SSSR count). The first-order valence-corrected chi connectivity index (χ1v) is 7.88. The lowest BCUT2D eigenvalue weighted by Gasteiger charge is -2.09. The summed E-state index contributed by atoms with van der Waals surface area (Å²) >= 11 is 5.83. The molecule has 0 fully saturated rings. The van der Waals surface area contributed by atoms with Gasteiger partial charge in [-0.2, -0.15) is 4.98 Å². The van der Waals surface area contributed by atoms with Crippen molar-refractivity contribution < 1.29 is 9.32 Å². The average Bonchev–Trinajstić information content (AvgIpc) is 3.05. The van der Waals surface area contributed by atoms with Crippen molar-refractivity contribution in [3.05, 3.63) is 70.6 Å². The van der Waals surface area contributed by atoms with Crippen LogP contribution in [0.3, 0.4) is 0 Å². The number of nitrogens with one attached hydrogen (secondary N) is 1. The van der Waals surface area contributed by atoms with E-state index >= 15 is 0 Å². The molecule has 0 radical (unpaired) electrons. The largest absolute Gasteiger partial charge is 0.341 e. The van der Waals surface area contributed by atoms with Crippen molar-refractivity contribution in [1.29, 1.82) is 0 Å². The van der Waals surface area contributed by atoms with Crippen molar-refractivity contribution >= 4 is 17.5 Å². The van der Waals surface area contributed by atoms with Gasteiger partial charge in [0.2, 0.25) is 11.7 Å². The molecule has 0 bridgehead atoms. The fourth-order valence-electron chi connectivity index (χ4n) is 2.29. The van der Waals surface area contributed by atoms with Crippen LogP contribution >= 0.6 is 11.6 Å². The molecule has 1 atom stereocenters. The molecule has 0 aliphatic carbocycles. The maximum absolute atomic E-state index is 12.2. The predicted molar refractivity (Wildman–Crippen MR) is 91.8 cm³/mol. The van der Waals surface area contributed by atoms with Gasteiger partial charge in [-0.3, -0.25) is 4.79 Å². The third-order valence-electron chi connectivity index (χ3n) is 3.65. The Balaban J connectivity index is 1.74. The number of carbonyl (C=O) groups is 1. The summed E-state index contributed by atoms with van der Waals surface area (Å²) in [5, 5.41) is 7.42. The zero-order valence-electron chi connectivity index (χ0n) is 13.3. The summed E-state index contributed by atoms with van der Waals surface area (Å²) < 4.78 is 5.29. The number of aryl methyl sites for hydroxylation is 1. The molecule has 1 amide bonds. The van der Waals surface area contributed by atoms with Crippen molar-refractivity contribution in [3.63, 3.8) is 0 Å². The second kappa shape index (κ2) is 6.84. The van der Waals surface area contributed by atoms with E-state index in [1.165, 1.54) is 0 Å². The summed E-state index contributed by atoms with van der Waals surface area (Å²) in [6.07, 6.45) is 0. The van der Waals surface area contributed by atoms with E-state index in [0.717, 1.165) is 11.1 Å². The standard InChI is InChI=1S/C18H16ClN3O2/c1-11-5-3-4-6-15(11)16-21-18(24-22-16)12(2)20-17(23)13-7-9-14(19)10-8-13/h3-10,12H,1-2H3,(H,20,23)/t12-/m1/s1. The van der Waals surface area contributed by atoms with Crippen molar-refractivity contribution in [1.82, 2.24) is 15.5 Å². The maximum atomic E-state index is 12.2. The van der Waals surface area contributed by atoms with Crippen molar-refractivity contribution in [2.75, 3.05) is 0 Å². The highest BCUT2D eigenvalue weighted by Gasteiger charge is 2.18. The highest BCUT2D eigenvalue weighted by molar-refractivity contribution is 6.30. The summed E-state index contributed by atoms with van der Waals surface area (Å²) in [5.41, 5.74) is 2.48. The molecule has 0 saturated heterocycles. The van der Waals surface area contributed by atoms with E-state index in [1.807, 2.05) is 31.2 Å². The van der Waals surface area contributed by atoms with Crippen LogP contribution in [0.5, 0.6) is 0 Å². The third kappa shape index (κ3) is 3.46. The molecule has 5 nitrogen and oxygen atoms in total. The number of nitrogens with zero attached hydrogens (tertiary/aromatic N) is 2. The second-order valence-electron chi connectivity index (χ2n) is 5.47. The van der Waals surface area contributed by atoms with Crippen LogP contribution in [0.25, 0.3) is 11.4 Å². The highest BCUT2D eigenvalue weighted by atomic mass is 35.5. The smallest absolute Gasteiger partial charge is 0.251 e. The number of hydrogen-bond acceptors (Lipinski definition) is 4. The van der Waals surface area contributed by atoms with Crippen LogP contribution in [-0.4, -0.2) is 16.0 Å². The van der Waals surface area contributed by atoms with Crippen LogP contribution < -0.4 is 5.32 Å². The zero-order chi connectivity index (χ0) is 17.1. The Morgan fingerprint density at radius 2 is 1.88 bits per heavy atom. The van der Waals surface area contributed by atoms with Gasteiger partial charge in [0.1, 0.15) is 6.04 Å². The topological polar surface area (TPSA) is 68.0 Å². The van der Waals surface area contributed by atoms with Crippen LogP contribution in [0.4, 0.5) is 0 Å². The van der Waals surface area contributed by atoms with E-state index in [9.17, 15) is 4.79 Å². The van der Waals surface area contributed by atoms with Gasteiger partial charge >= 0.3 is 0 Å². The average molecular weight is 342 g/mol. The van der Waals surface area contributed by atoms with Gasteiger partial charge in [-0.25, -0.2) is 0 Å². The predicted octanol–water partition coefficient (Wildman–Crippen LogP) is 4.19. The van der Waals surface area contributed by atoms with E-state index in [4.69, 9.17) is 16.1 Å². The lowest BCUT2D eigenvalue weighted by molar-refractivity contribution is 0.0932. The van der Waals surface area contributed by atoms with Gasteiger partial charge in [0.15, 0.2) is 0 Å². The Labute approximate surface area is 144 Å². The minimum Gasteiger partial charge on any atom is -0.341 e. The molecule has 6 heteroatoms. The molecule has 0 aliphatic rings. The molecule has 24 heavy (non-hydrogen) atoms. The zero-order valence-corrected chi connectivity index (χ0v) is 14.0. The molecule has 2 aromatic carbocycles. The van der Waals surface area contributed by atoms with E-state index in [1.54, 1.807) is 31.2 Å². The molecule has 1 aromatic heterocycles. The van der Waals surface area contributed by atoms with Crippen LogP contribution in [0.1, 0.15) is 34.8 Å². The molecule has 0 aliphatic heterocycles. The maximum Gasteiger partial charge on any atom is 0.251 e. The Hall–Kier alpha value is -2.66. The number of amides is 1. The fourth-order valence-corrected chi connectivity index (χ4v) is 2.41. The normalized spacial score (nSPS) is 12.0. The summed E-state index contributed by atoms with van der Waals surface area (Å²) in [6, 6.07) is 14.1. The second-order valence-corrected chi connectivity index (χ2v) is 5.91. The van der Waals surface area contributed by atoms with Crippen molar-refractivity contribution in [3.8, 4) is 11.4 Å². The molecule has 0 saturated carbocycles. The number of hydrogen-bond donors (Lipinski definition) is 1. The molecule has 1 N–H and O–H groups in total. The van der Waals surface area contributed by atoms with Crippen molar-refractivity contribution in [2.45, 2.75) is 19.9 Å². The number of halogens is 1. The van der Waals surface area contributed by atoms with Crippen LogP contribution in [-0.2, 0) is 0 Å². The Morgan fingerprint density at radius 3 is 2.58 bits per heavy atom. The molecule has 0 spiro atoms. The quantitative estimate of drug-likeness (QED) is 0.772. The minimum absolute atomic E-state index is 0.227. The van der Waals surface area contributed by atoms with Gasteiger partial charge < -0.3 is 9.84 Å². The van der Waals surface area contributed by atoms with Crippen LogP contribution in [0.15, 0.2) is 53.1 Å². The lowest BCUT2D eigenvalue weighted by atomic mass is 10.1.